The molecule has 0 aliphatic heterocycles. The zero-order chi connectivity index (χ0) is 14.3. The summed E-state index contributed by atoms with van der Waals surface area (Å²) in [5, 5.41) is 15.4. The molecule has 1 atom stereocenters. The van der Waals surface area contributed by atoms with E-state index >= 15 is 0 Å². The molecule has 0 radical (unpaired) electrons. The van der Waals surface area contributed by atoms with Crippen LogP contribution in [0.3, 0.4) is 0 Å². The third-order valence-electron chi connectivity index (χ3n) is 3.55. The van der Waals surface area contributed by atoms with Crippen molar-refractivity contribution in [2.75, 3.05) is 6.54 Å². The van der Waals surface area contributed by atoms with Crippen molar-refractivity contribution in [1.29, 1.82) is 0 Å². The number of nitrogens with two attached hydrogens (primary N) is 1. The summed E-state index contributed by atoms with van der Waals surface area (Å²) in [5.41, 5.74) is 6.69. The molecule has 19 heavy (non-hydrogen) atoms. The van der Waals surface area contributed by atoms with Crippen LogP contribution < -0.4 is 11.1 Å². The molecule has 1 aromatic carbocycles. The predicted octanol–water partition coefficient (Wildman–Crippen LogP) is 2.89. The number of hydrogen-bond acceptors (Lipinski definition) is 3. The lowest BCUT2D eigenvalue weighted by molar-refractivity contribution is 0.304. The van der Waals surface area contributed by atoms with E-state index < -0.39 is 0 Å². The van der Waals surface area contributed by atoms with E-state index in [9.17, 15) is 0 Å². The van der Waals surface area contributed by atoms with Crippen LogP contribution in [0.5, 0.6) is 0 Å². The molecule has 0 saturated heterocycles. The van der Waals surface area contributed by atoms with E-state index in [-0.39, 0.29) is 11.3 Å². The van der Waals surface area contributed by atoms with E-state index in [1.807, 2.05) is 19.9 Å². The van der Waals surface area contributed by atoms with Gasteiger partial charge in [-0.25, -0.2) is 0 Å². The largest absolute Gasteiger partial charge is 0.409 e. The van der Waals surface area contributed by atoms with E-state index in [2.05, 4.69) is 41.7 Å². The van der Waals surface area contributed by atoms with Gasteiger partial charge in [-0.15, -0.1) is 0 Å². The molecule has 0 aromatic heterocycles. The SMILES string of the molecule is CCC(NCCC(C)(C)C(N)=NO)c1ccccc1. The highest BCUT2D eigenvalue weighted by molar-refractivity contribution is 5.85. The molecule has 1 rings (SSSR count). The van der Waals surface area contributed by atoms with Crippen molar-refractivity contribution in [3.63, 3.8) is 0 Å². The van der Waals surface area contributed by atoms with Crippen LogP contribution in [-0.4, -0.2) is 17.6 Å². The highest BCUT2D eigenvalue weighted by Gasteiger charge is 2.23. The molecule has 4 nitrogen and oxygen atoms in total. The summed E-state index contributed by atoms with van der Waals surface area (Å²) in [6.07, 6.45) is 1.86. The Bertz CT molecular complexity index is 401. The Balaban J connectivity index is 2.52. The smallest absolute Gasteiger partial charge is 0.144 e. The fourth-order valence-corrected chi connectivity index (χ4v) is 2.01. The van der Waals surface area contributed by atoms with E-state index in [1.165, 1.54) is 5.56 Å². The van der Waals surface area contributed by atoms with Crippen LogP contribution in [0.1, 0.15) is 45.2 Å². The highest BCUT2D eigenvalue weighted by atomic mass is 16.4. The average Bonchev–Trinajstić information content (AvgIpc) is 2.43. The minimum absolute atomic E-state index is 0.280. The topological polar surface area (TPSA) is 70.6 Å². The predicted molar refractivity (Wildman–Crippen MR) is 79.3 cm³/mol. The number of nitrogens with zero attached hydrogens (tertiary/aromatic N) is 1. The van der Waals surface area contributed by atoms with Crippen molar-refractivity contribution in [2.24, 2.45) is 16.3 Å². The Morgan fingerprint density at radius 3 is 2.53 bits per heavy atom. The van der Waals surface area contributed by atoms with Crippen molar-refractivity contribution < 1.29 is 5.21 Å². The summed E-state index contributed by atoms with van der Waals surface area (Å²) in [6.45, 7) is 6.95. The molecule has 4 N–H and O–H groups in total. The number of hydrogen-bond donors (Lipinski definition) is 3. The quantitative estimate of drug-likeness (QED) is 0.306. The molecule has 0 aliphatic carbocycles. The summed E-state index contributed by atoms with van der Waals surface area (Å²) in [6, 6.07) is 10.8. The fraction of sp³-hybridized carbons (Fsp3) is 0.533. The Morgan fingerprint density at radius 1 is 1.37 bits per heavy atom. The van der Waals surface area contributed by atoms with Gasteiger partial charge in [0.2, 0.25) is 0 Å². The van der Waals surface area contributed by atoms with Gasteiger partial charge in [0, 0.05) is 11.5 Å². The number of oxime groups is 1. The maximum Gasteiger partial charge on any atom is 0.144 e. The van der Waals surface area contributed by atoms with Crippen molar-refractivity contribution in [2.45, 2.75) is 39.7 Å². The molecule has 1 aromatic rings. The normalized spacial score (nSPS) is 14.4. The summed E-state index contributed by atoms with van der Waals surface area (Å²) >= 11 is 0. The van der Waals surface area contributed by atoms with Gasteiger partial charge in [-0.3, -0.25) is 0 Å². The number of benzene rings is 1. The summed E-state index contributed by atoms with van der Waals surface area (Å²) in [7, 11) is 0. The second kappa shape index (κ2) is 7.14. The standard InChI is InChI=1S/C15H25N3O/c1-4-13(12-8-6-5-7-9-12)17-11-10-15(2,3)14(16)18-19/h5-9,13,17,19H,4,10-11H2,1-3H3,(H2,16,18). The van der Waals surface area contributed by atoms with Gasteiger partial charge in [0.15, 0.2) is 0 Å². The zero-order valence-corrected chi connectivity index (χ0v) is 12.1. The Kier molecular flexibility index (Phi) is 5.83. The Hall–Kier alpha value is -1.55. The van der Waals surface area contributed by atoms with Crippen molar-refractivity contribution in [3.05, 3.63) is 35.9 Å². The molecule has 4 heteroatoms. The van der Waals surface area contributed by atoms with Gasteiger partial charge in [0.1, 0.15) is 5.84 Å². The Labute approximate surface area is 115 Å². The third-order valence-corrected chi connectivity index (χ3v) is 3.55. The molecule has 0 fully saturated rings. The maximum absolute atomic E-state index is 8.75. The van der Waals surface area contributed by atoms with Gasteiger partial charge in [-0.1, -0.05) is 56.3 Å². The monoisotopic (exact) mass is 263 g/mol. The molecule has 0 saturated carbocycles. The fourth-order valence-electron chi connectivity index (χ4n) is 2.01. The van der Waals surface area contributed by atoms with Crippen LogP contribution >= 0.6 is 0 Å². The lowest BCUT2D eigenvalue weighted by atomic mass is 9.88. The lowest BCUT2D eigenvalue weighted by Gasteiger charge is -2.25. The highest BCUT2D eigenvalue weighted by Crippen LogP contribution is 2.21. The van der Waals surface area contributed by atoms with Gasteiger partial charge < -0.3 is 16.3 Å². The van der Waals surface area contributed by atoms with Crippen LogP contribution in [-0.2, 0) is 0 Å². The molecule has 106 valence electrons. The lowest BCUT2D eigenvalue weighted by Crippen LogP contribution is -2.35. The van der Waals surface area contributed by atoms with Crippen LogP contribution in [0.25, 0.3) is 0 Å². The molecule has 1 unspecified atom stereocenters. The minimum Gasteiger partial charge on any atom is -0.409 e. The Morgan fingerprint density at radius 2 is 2.00 bits per heavy atom. The molecule has 0 bridgehead atoms. The summed E-state index contributed by atoms with van der Waals surface area (Å²) in [5.74, 6) is 0.280. The van der Waals surface area contributed by atoms with Gasteiger partial charge >= 0.3 is 0 Å². The second-order valence-corrected chi connectivity index (χ2v) is 5.44. The van der Waals surface area contributed by atoms with Gasteiger partial charge in [0.25, 0.3) is 0 Å². The summed E-state index contributed by atoms with van der Waals surface area (Å²) < 4.78 is 0. The zero-order valence-electron chi connectivity index (χ0n) is 12.1. The first kappa shape index (κ1) is 15.5. The first-order valence-electron chi connectivity index (χ1n) is 6.77. The van der Waals surface area contributed by atoms with E-state index in [4.69, 9.17) is 10.9 Å². The first-order valence-corrected chi connectivity index (χ1v) is 6.77. The average molecular weight is 263 g/mol. The van der Waals surface area contributed by atoms with Crippen LogP contribution in [0, 0.1) is 5.41 Å². The van der Waals surface area contributed by atoms with Crippen LogP contribution in [0.2, 0.25) is 0 Å². The van der Waals surface area contributed by atoms with E-state index in [0.29, 0.717) is 6.04 Å². The van der Waals surface area contributed by atoms with Crippen molar-refractivity contribution in [1.82, 2.24) is 5.32 Å². The van der Waals surface area contributed by atoms with Crippen molar-refractivity contribution >= 4 is 5.84 Å². The summed E-state index contributed by atoms with van der Waals surface area (Å²) in [4.78, 5) is 0. The van der Waals surface area contributed by atoms with Gasteiger partial charge in [0.05, 0.1) is 0 Å². The molecule has 0 amide bonds. The second-order valence-electron chi connectivity index (χ2n) is 5.44. The first-order chi connectivity index (χ1) is 9.01. The molecule has 0 heterocycles. The van der Waals surface area contributed by atoms with Gasteiger partial charge in [-0.2, -0.15) is 0 Å². The third kappa shape index (κ3) is 4.56. The number of nitrogens with one attached hydrogen (secondary N) is 1. The van der Waals surface area contributed by atoms with Crippen LogP contribution in [0.4, 0.5) is 0 Å². The molecular weight excluding hydrogens is 238 g/mol. The number of rotatable bonds is 7. The molecular formula is C15H25N3O. The minimum atomic E-state index is -0.295. The van der Waals surface area contributed by atoms with E-state index in [1.54, 1.807) is 0 Å². The van der Waals surface area contributed by atoms with Crippen molar-refractivity contribution in [3.8, 4) is 0 Å². The van der Waals surface area contributed by atoms with E-state index in [0.717, 1.165) is 19.4 Å². The maximum atomic E-state index is 8.75. The van der Waals surface area contributed by atoms with Crippen LogP contribution in [0.15, 0.2) is 35.5 Å². The van der Waals surface area contributed by atoms with Gasteiger partial charge in [-0.05, 0) is 24.9 Å². The molecule has 0 aliphatic rings. The number of amidine groups is 1. The molecule has 0 spiro atoms.